The first-order chi connectivity index (χ1) is 4.35. The van der Waals surface area contributed by atoms with Gasteiger partial charge in [-0.15, -0.1) is 0 Å². The van der Waals surface area contributed by atoms with Crippen LogP contribution in [-0.4, -0.2) is 24.5 Å². The molecule has 0 aliphatic carbocycles. The average molecular weight is 133 g/mol. The number of hydrogen-bond donors (Lipinski definition) is 1. The molecule has 0 saturated heterocycles. The molecule has 0 amide bonds. The van der Waals surface area contributed by atoms with Crippen LogP contribution in [0.5, 0.6) is 0 Å². The van der Waals surface area contributed by atoms with Gasteiger partial charge in [-0.2, -0.15) is 0 Å². The molecule has 0 aliphatic rings. The zero-order valence-electron chi connectivity index (χ0n) is 5.63. The van der Waals surface area contributed by atoms with Gasteiger partial charge in [0.25, 0.3) is 0 Å². The lowest BCUT2D eigenvalue weighted by molar-refractivity contribution is 0.152. The first-order valence-corrected chi connectivity index (χ1v) is 2.82. The van der Waals surface area contributed by atoms with Crippen LogP contribution >= 0.6 is 0 Å². The number of nitrogens with zero attached hydrogens (tertiary/aromatic N) is 1. The minimum absolute atomic E-state index is 0.0694. The molecule has 0 aromatic rings. The van der Waals surface area contributed by atoms with E-state index in [9.17, 15) is 0 Å². The molecular weight excluding hydrogens is 122 g/mol. The molecule has 4 nitrogen and oxygen atoms in total. The van der Waals surface area contributed by atoms with Gasteiger partial charge in [0.2, 0.25) is 0 Å². The maximum Gasteiger partial charge on any atom is 0.421 e. The number of oxime groups is 1. The van der Waals surface area contributed by atoms with Gasteiger partial charge in [-0.3, -0.25) is 0 Å². The van der Waals surface area contributed by atoms with Crippen molar-refractivity contribution in [3.8, 4) is 0 Å². The summed E-state index contributed by atoms with van der Waals surface area (Å²) in [5.74, 6) is 0. The molecule has 54 valence electrons. The first-order valence-electron chi connectivity index (χ1n) is 2.82. The van der Waals surface area contributed by atoms with Crippen LogP contribution in [0.4, 0.5) is 0 Å². The Kier molecular flexibility index (Phi) is 4.67. The topological polar surface area (TPSA) is 51.0 Å². The van der Waals surface area contributed by atoms with Crippen molar-refractivity contribution >= 4 is 6.08 Å². The predicted molar refractivity (Wildman–Crippen MR) is 32.5 cm³/mol. The van der Waals surface area contributed by atoms with Gasteiger partial charge < -0.3 is 14.7 Å². The monoisotopic (exact) mass is 133 g/mol. The fourth-order valence-electron chi connectivity index (χ4n) is 0.346. The molecule has 0 bridgehead atoms. The molecule has 0 unspecified atom stereocenters. The molecule has 0 fully saturated rings. The Bertz CT molecular complexity index is 84.2. The summed E-state index contributed by atoms with van der Waals surface area (Å²) >= 11 is 0. The van der Waals surface area contributed by atoms with Crippen LogP contribution in [0.2, 0.25) is 0 Å². The highest BCUT2D eigenvalue weighted by Gasteiger charge is 1.95. The van der Waals surface area contributed by atoms with Crippen LogP contribution in [0.15, 0.2) is 5.16 Å². The summed E-state index contributed by atoms with van der Waals surface area (Å²) in [5, 5.41) is 10.9. The van der Waals surface area contributed by atoms with Crippen molar-refractivity contribution in [3.05, 3.63) is 0 Å². The smallest absolute Gasteiger partial charge is 0.421 e. The fraction of sp³-hybridized carbons (Fsp3) is 0.800. The van der Waals surface area contributed by atoms with E-state index in [1.54, 1.807) is 13.8 Å². The Hall–Kier alpha value is -0.930. The summed E-state index contributed by atoms with van der Waals surface area (Å²) in [6.07, 6.45) is -0.0694. The third-order valence-corrected chi connectivity index (χ3v) is 0.617. The molecule has 0 saturated carbocycles. The van der Waals surface area contributed by atoms with Gasteiger partial charge in [-0.05, 0) is 19.0 Å². The average Bonchev–Trinajstić information content (AvgIpc) is 1.88. The normalized spacial score (nSPS) is 8.22. The quantitative estimate of drug-likeness (QED) is 0.262. The van der Waals surface area contributed by atoms with E-state index in [4.69, 9.17) is 14.7 Å². The van der Waals surface area contributed by atoms with Gasteiger partial charge in [0.05, 0.1) is 13.2 Å². The molecule has 0 aromatic heterocycles. The van der Waals surface area contributed by atoms with Crippen LogP contribution in [0.3, 0.4) is 0 Å². The van der Waals surface area contributed by atoms with Crippen LogP contribution in [0.1, 0.15) is 13.8 Å². The van der Waals surface area contributed by atoms with Crippen molar-refractivity contribution in [2.45, 2.75) is 13.8 Å². The molecule has 9 heavy (non-hydrogen) atoms. The molecule has 0 radical (unpaired) electrons. The van der Waals surface area contributed by atoms with E-state index < -0.39 is 0 Å². The van der Waals surface area contributed by atoms with Gasteiger partial charge in [0.1, 0.15) is 0 Å². The lowest BCUT2D eigenvalue weighted by Gasteiger charge is -2.02. The zero-order chi connectivity index (χ0) is 7.11. The van der Waals surface area contributed by atoms with E-state index >= 15 is 0 Å². The standard InChI is InChI=1S/C5H11NO3/c1-3-8-5(6-7)9-4-2/h7H,3-4H2,1-2H3. The van der Waals surface area contributed by atoms with Gasteiger partial charge >= 0.3 is 6.08 Å². The summed E-state index contributed by atoms with van der Waals surface area (Å²) in [5.41, 5.74) is 0. The van der Waals surface area contributed by atoms with E-state index in [2.05, 4.69) is 5.16 Å². The van der Waals surface area contributed by atoms with E-state index in [-0.39, 0.29) is 6.08 Å². The Morgan fingerprint density at radius 3 is 2.00 bits per heavy atom. The minimum atomic E-state index is -0.0694. The van der Waals surface area contributed by atoms with E-state index in [0.29, 0.717) is 13.2 Å². The molecule has 0 heterocycles. The number of ether oxygens (including phenoxy) is 2. The minimum Gasteiger partial charge on any atom is -0.449 e. The Morgan fingerprint density at radius 2 is 1.78 bits per heavy atom. The predicted octanol–water partition coefficient (Wildman–Crippen LogP) is 0.805. The first kappa shape index (κ1) is 8.07. The maximum absolute atomic E-state index is 8.13. The number of rotatable bonds is 2. The zero-order valence-corrected chi connectivity index (χ0v) is 5.63. The molecule has 0 rings (SSSR count). The molecule has 0 aromatic carbocycles. The van der Waals surface area contributed by atoms with E-state index in [0.717, 1.165) is 0 Å². The van der Waals surface area contributed by atoms with Gasteiger partial charge in [-0.1, -0.05) is 0 Å². The van der Waals surface area contributed by atoms with Crippen LogP contribution in [0.25, 0.3) is 0 Å². The molecular formula is C5H11NO3. The molecule has 0 atom stereocenters. The van der Waals surface area contributed by atoms with E-state index in [1.165, 1.54) is 0 Å². The summed E-state index contributed by atoms with van der Waals surface area (Å²) in [6, 6.07) is 0. The second-order valence-corrected chi connectivity index (χ2v) is 1.23. The van der Waals surface area contributed by atoms with Crippen molar-refractivity contribution in [2.75, 3.05) is 13.2 Å². The highest BCUT2D eigenvalue weighted by Crippen LogP contribution is 1.83. The lowest BCUT2D eigenvalue weighted by Crippen LogP contribution is -2.08. The fourth-order valence-corrected chi connectivity index (χ4v) is 0.346. The van der Waals surface area contributed by atoms with Crippen LogP contribution in [-0.2, 0) is 9.47 Å². The van der Waals surface area contributed by atoms with Crippen LogP contribution in [0, 0.1) is 0 Å². The summed E-state index contributed by atoms with van der Waals surface area (Å²) in [6.45, 7) is 4.45. The Balaban J connectivity index is 3.43. The lowest BCUT2D eigenvalue weighted by atomic mass is 10.8. The third-order valence-electron chi connectivity index (χ3n) is 0.617. The Labute approximate surface area is 54.1 Å². The van der Waals surface area contributed by atoms with Crippen molar-refractivity contribution in [3.63, 3.8) is 0 Å². The van der Waals surface area contributed by atoms with Crippen molar-refractivity contribution in [1.29, 1.82) is 0 Å². The summed E-state index contributed by atoms with van der Waals surface area (Å²) < 4.78 is 9.42. The largest absolute Gasteiger partial charge is 0.449 e. The summed E-state index contributed by atoms with van der Waals surface area (Å²) in [4.78, 5) is 0. The van der Waals surface area contributed by atoms with Gasteiger partial charge in [0, 0.05) is 0 Å². The third kappa shape index (κ3) is 3.64. The molecule has 4 heteroatoms. The Morgan fingerprint density at radius 1 is 1.33 bits per heavy atom. The number of hydrogen-bond acceptors (Lipinski definition) is 4. The van der Waals surface area contributed by atoms with Crippen molar-refractivity contribution < 1.29 is 14.7 Å². The highest BCUT2D eigenvalue weighted by molar-refractivity contribution is 5.65. The second-order valence-electron chi connectivity index (χ2n) is 1.23. The van der Waals surface area contributed by atoms with Gasteiger partial charge in [0.15, 0.2) is 0 Å². The molecule has 0 aliphatic heterocycles. The summed E-state index contributed by atoms with van der Waals surface area (Å²) in [7, 11) is 0. The van der Waals surface area contributed by atoms with Crippen molar-refractivity contribution in [2.24, 2.45) is 5.16 Å². The highest BCUT2D eigenvalue weighted by atomic mass is 16.7. The van der Waals surface area contributed by atoms with Crippen molar-refractivity contribution in [1.82, 2.24) is 0 Å². The van der Waals surface area contributed by atoms with E-state index in [1.807, 2.05) is 0 Å². The molecule has 0 spiro atoms. The van der Waals surface area contributed by atoms with Gasteiger partial charge in [-0.25, -0.2) is 0 Å². The maximum atomic E-state index is 8.13. The second kappa shape index (κ2) is 5.21. The SMILES string of the molecule is CCOC(=NO)OCC. The van der Waals surface area contributed by atoms with Crippen LogP contribution < -0.4 is 0 Å². The molecule has 1 N–H and O–H groups in total.